The maximum atomic E-state index is 12.4. The maximum Gasteiger partial charge on any atom is 0.261 e. The van der Waals surface area contributed by atoms with Crippen molar-refractivity contribution in [1.29, 1.82) is 0 Å². The minimum absolute atomic E-state index is 0.248. The highest BCUT2D eigenvalue weighted by Crippen LogP contribution is 2.24. The number of carbonyl (C=O) groups is 3. The maximum absolute atomic E-state index is 12.4. The molecular formula is C17H13ClN2O3. The number of aryl methyl sites for hydroxylation is 1. The molecule has 5 nitrogen and oxygen atoms in total. The molecule has 1 heterocycles. The Hall–Kier alpha value is -2.66. The molecule has 3 amide bonds. The molecule has 0 fully saturated rings. The number of carbonyl (C=O) groups excluding carboxylic acids is 3. The Morgan fingerprint density at radius 2 is 1.74 bits per heavy atom. The minimum Gasteiger partial charge on any atom is -0.322 e. The molecule has 23 heavy (non-hydrogen) atoms. The van der Waals surface area contributed by atoms with E-state index in [0.717, 1.165) is 10.5 Å². The number of nitrogens with zero attached hydrogens (tertiary/aromatic N) is 1. The van der Waals surface area contributed by atoms with Gasteiger partial charge in [0, 0.05) is 23.3 Å². The predicted octanol–water partition coefficient (Wildman–Crippen LogP) is 3.13. The van der Waals surface area contributed by atoms with Crippen molar-refractivity contribution in [3.63, 3.8) is 0 Å². The van der Waals surface area contributed by atoms with E-state index in [1.165, 1.54) is 25.2 Å². The van der Waals surface area contributed by atoms with Gasteiger partial charge in [-0.3, -0.25) is 19.3 Å². The van der Waals surface area contributed by atoms with E-state index in [2.05, 4.69) is 5.32 Å². The number of amides is 3. The summed E-state index contributed by atoms with van der Waals surface area (Å²) in [5.74, 6) is -1.11. The molecule has 1 aliphatic rings. The Morgan fingerprint density at radius 3 is 2.43 bits per heavy atom. The second-order valence-electron chi connectivity index (χ2n) is 5.34. The molecule has 1 N–H and O–H groups in total. The van der Waals surface area contributed by atoms with Crippen LogP contribution < -0.4 is 5.32 Å². The van der Waals surface area contributed by atoms with Crippen molar-refractivity contribution in [3.8, 4) is 0 Å². The van der Waals surface area contributed by atoms with Gasteiger partial charge in [-0.25, -0.2) is 0 Å². The second-order valence-corrected chi connectivity index (χ2v) is 5.78. The van der Waals surface area contributed by atoms with Crippen LogP contribution in [0.15, 0.2) is 36.4 Å². The van der Waals surface area contributed by atoms with Crippen LogP contribution in [-0.2, 0) is 0 Å². The van der Waals surface area contributed by atoms with Crippen LogP contribution in [-0.4, -0.2) is 29.7 Å². The van der Waals surface area contributed by atoms with Crippen LogP contribution in [0, 0.1) is 6.92 Å². The van der Waals surface area contributed by atoms with Crippen LogP contribution in [0.25, 0.3) is 0 Å². The number of fused-ring (bicyclic) bond motifs is 1. The van der Waals surface area contributed by atoms with Gasteiger partial charge in [-0.1, -0.05) is 11.6 Å². The van der Waals surface area contributed by atoms with Crippen molar-refractivity contribution in [2.45, 2.75) is 6.92 Å². The molecule has 1 aliphatic heterocycles. The summed E-state index contributed by atoms with van der Waals surface area (Å²) in [6.45, 7) is 1.83. The van der Waals surface area contributed by atoms with E-state index >= 15 is 0 Å². The van der Waals surface area contributed by atoms with E-state index in [-0.39, 0.29) is 17.4 Å². The van der Waals surface area contributed by atoms with Crippen molar-refractivity contribution in [3.05, 3.63) is 63.7 Å². The summed E-state index contributed by atoms with van der Waals surface area (Å²) in [5.41, 5.74) is 2.35. The van der Waals surface area contributed by atoms with Crippen molar-refractivity contribution in [2.24, 2.45) is 0 Å². The van der Waals surface area contributed by atoms with Gasteiger partial charge in [0.05, 0.1) is 11.1 Å². The molecule has 0 aromatic heterocycles. The lowest BCUT2D eigenvalue weighted by atomic mass is 10.0. The predicted molar refractivity (Wildman–Crippen MR) is 87.0 cm³/mol. The first-order valence-corrected chi connectivity index (χ1v) is 7.30. The van der Waals surface area contributed by atoms with E-state index in [9.17, 15) is 14.4 Å². The molecular weight excluding hydrogens is 316 g/mol. The van der Waals surface area contributed by atoms with Gasteiger partial charge in [0.2, 0.25) is 0 Å². The van der Waals surface area contributed by atoms with Gasteiger partial charge in [-0.05, 0) is 48.9 Å². The SMILES string of the molecule is Cc1cc(Cl)ccc1NC(=O)c1ccc2c(c1)C(=O)N(C)C2=O. The highest BCUT2D eigenvalue weighted by atomic mass is 35.5. The lowest BCUT2D eigenvalue weighted by Crippen LogP contribution is -2.24. The fourth-order valence-corrected chi connectivity index (χ4v) is 2.69. The van der Waals surface area contributed by atoms with Crippen molar-refractivity contribution in [1.82, 2.24) is 4.90 Å². The molecule has 0 saturated carbocycles. The number of benzene rings is 2. The largest absolute Gasteiger partial charge is 0.322 e. The van der Waals surface area contributed by atoms with Gasteiger partial charge in [-0.2, -0.15) is 0 Å². The lowest BCUT2D eigenvalue weighted by molar-refractivity contribution is 0.0693. The Balaban J connectivity index is 1.90. The van der Waals surface area contributed by atoms with Gasteiger partial charge in [0.25, 0.3) is 17.7 Å². The highest BCUT2D eigenvalue weighted by molar-refractivity contribution is 6.30. The van der Waals surface area contributed by atoms with Gasteiger partial charge >= 0.3 is 0 Å². The summed E-state index contributed by atoms with van der Waals surface area (Å²) in [4.78, 5) is 37.2. The van der Waals surface area contributed by atoms with Crippen LogP contribution in [0.5, 0.6) is 0 Å². The van der Waals surface area contributed by atoms with Crippen LogP contribution in [0.4, 0.5) is 5.69 Å². The zero-order valence-corrected chi connectivity index (χ0v) is 13.3. The summed E-state index contributed by atoms with van der Waals surface area (Å²) in [5, 5.41) is 3.36. The number of rotatable bonds is 2. The molecule has 2 aromatic carbocycles. The van der Waals surface area contributed by atoms with Gasteiger partial charge in [-0.15, -0.1) is 0 Å². The molecule has 0 saturated heterocycles. The van der Waals surface area contributed by atoms with Crippen molar-refractivity contribution >= 4 is 35.0 Å². The number of hydrogen-bond acceptors (Lipinski definition) is 3. The molecule has 0 atom stereocenters. The fourth-order valence-electron chi connectivity index (χ4n) is 2.46. The van der Waals surface area contributed by atoms with Crippen LogP contribution >= 0.6 is 11.6 Å². The third kappa shape index (κ3) is 2.59. The summed E-state index contributed by atoms with van der Waals surface area (Å²) < 4.78 is 0. The molecule has 0 radical (unpaired) electrons. The Labute approximate surface area is 137 Å². The van der Waals surface area contributed by atoms with E-state index in [4.69, 9.17) is 11.6 Å². The smallest absolute Gasteiger partial charge is 0.261 e. The number of hydrogen-bond donors (Lipinski definition) is 1. The van der Waals surface area contributed by atoms with E-state index < -0.39 is 5.91 Å². The molecule has 116 valence electrons. The van der Waals surface area contributed by atoms with Crippen LogP contribution in [0.2, 0.25) is 5.02 Å². The van der Waals surface area contributed by atoms with Gasteiger partial charge in [0.1, 0.15) is 0 Å². The summed E-state index contributed by atoms with van der Waals surface area (Å²) >= 11 is 5.89. The third-order valence-corrected chi connectivity index (χ3v) is 4.02. The molecule has 0 unspecified atom stereocenters. The summed E-state index contributed by atoms with van der Waals surface area (Å²) in [7, 11) is 1.42. The van der Waals surface area contributed by atoms with Crippen molar-refractivity contribution in [2.75, 3.05) is 12.4 Å². The van der Waals surface area contributed by atoms with E-state index in [1.807, 2.05) is 6.92 Å². The summed E-state index contributed by atoms with van der Waals surface area (Å²) in [6.07, 6.45) is 0. The van der Waals surface area contributed by atoms with E-state index in [0.29, 0.717) is 21.8 Å². The third-order valence-electron chi connectivity index (χ3n) is 3.79. The molecule has 0 aliphatic carbocycles. The number of nitrogens with one attached hydrogen (secondary N) is 1. The lowest BCUT2D eigenvalue weighted by Gasteiger charge is -2.09. The first-order valence-electron chi connectivity index (χ1n) is 6.92. The zero-order valence-electron chi connectivity index (χ0n) is 12.5. The average molecular weight is 329 g/mol. The highest BCUT2D eigenvalue weighted by Gasteiger charge is 2.33. The quantitative estimate of drug-likeness (QED) is 0.861. The van der Waals surface area contributed by atoms with Crippen LogP contribution in [0.1, 0.15) is 36.6 Å². The van der Waals surface area contributed by atoms with E-state index in [1.54, 1.807) is 18.2 Å². The Morgan fingerprint density at radius 1 is 1.04 bits per heavy atom. The monoisotopic (exact) mass is 328 g/mol. The van der Waals surface area contributed by atoms with Gasteiger partial charge in [0.15, 0.2) is 0 Å². The molecule has 3 rings (SSSR count). The second kappa shape index (κ2) is 5.52. The zero-order chi connectivity index (χ0) is 16.7. The fraction of sp³-hybridized carbons (Fsp3) is 0.118. The summed E-state index contributed by atoms with van der Waals surface area (Å²) in [6, 6.07) is 9.62. The number of anilines is 1. The number of imide groups is 1. The first kappa shape index (κ1) is 15.2. The Bertz CT molecular complexity index is 861. The normalized spacial score (nSPS) is 13.3. The molecule has 0 bridgehead atoms. The average Bonchev–Trinajstić information content (AvgIpc) is 2.74. The molecule has 0 spiro atoms. The first-order chi connectivity index (χ1) is 10.9. The van der Waals surface area contributed by atoms with Crippen LogP contribution in [0.3, 0.4) is 0 Å². The minimum atomic E-state index is -0.401. The standard InChI is InChI=1S/C17H13ClN2O3/c1-9-7-11(18)4-6-14(9)19-15(21)10-3-5-12-13(8-10)17(23)20(2)16(12)22/h3-8H,1-2H3,(H,19,21). The number of halogens is 1. The molecule has 2 aromatic rings. The molecule has 6 heteroatoms. The topological polar surface area (TPSA) is 66.5 Å². The van der Waals surface area contributed by atoms with Crippen molar-refractivity contribution < 1.29 is 14.4 Å². The Kier molecular flexibility index (Phi) is 3.66. The van der Waals surface area contributed by atoms with Gasteiger partial charge < -0.3 is 5.32 Å².